The van der Waals surface area contributed by atoms with Crippen molar-refractivity contribution in [3.05, 3.63) is 0 Å². The second kappa shape index (κ2) is 4.51. The van der Waals surface area contributed by atoms with Gasteiger partial charge in [-0.15, -0.1) is 0 Å². The van der Waals surface area contributed by atoms with E-state index in [1.54, 1.807) is 19.3 Å². The van der Waals surface area contributed by atoms with Gasteiger partial charge < -0.3 is 5.32 Å². The van der Waals surface area contributed by atoms with Crippen LogP contribution in [0.25, 0.3) is 0 Å². The van der Waals surface area contributed by atoms with Crippen LogP contribution in [0.1, 0.15) is 58.3 Å². The van der Waals surface area contributed by atoms with Gasteiger partial charge in [0.1, 0.15) is 0 Å². The first-order chi connectivity index (χ1) is 8.88. The second-order valence-corrected chi connectivity index (χ2v) is 7.65. The lowest BCUT2D eigenvalue weighted by Gasteiger charge is -2.22. The molecule has 1 nitrogen and oxygen atoms in total. The van der Waals surface area contributed by atoms with Gasteiger partial charge in [0.15, 0.2) is 0 Å². The van der Waals surface area contributed by atoms with Crippen molar-refractivity contribution < 1.29 is 0 Å². The molecule has 1 heteroatoms. The van der Waals surface area contributed by atoms with E-state index in [1.807, 2.05) is 0 Å². The van der Waals surface area contributed by atoms with Crippen molar-refractivity contribution in [2.75, 3.05) is 6.54 Å². The largest absolute Gasteiger partial charge is 0.314 e. The summed E-state index contributed by atoms with van der Waals surface area (Å²) in [6, 6.07) is 0.893. The molecule has 0 radical (unpaired) electrons. The predicted octanol–water partition coefficient (Wildman–Crippen LogP) is 3.84. The Labute approximate surface area is 112 Å². The lowest BCUT2D eigenvalue weighted by atomic mass is 9.94. The molecule has 0 amide bonds. The minimum absolute atomic E-state index is 0.893. The minimum atomic E-state index is 0.893. The van der Waals surface area contributed by atoms with Gasteiger partial charge in [-0.3, -0.25) is 0 Å². The quantitative estimate of drug-likeness (QED) is 0.721. The molecule has 0 aromatic rings. The van der Waals surface area contributed by atoms with Gasteiger partial charge in [-0.25, -0.2) is 0 Å². The SMILES string of the molecule is CCCNC(CCC1CC1)C1C2C3CCC(C3)C21. The van der Waals surface area contributed by atoms with E-state index in [-0.39, 0.29) is 0 Å². The molecule has 0 saturated heterocycles. The van der Waals surface area contributed by atoms with E-state index in [0.29, 0.717) is 0 Å². The average molecular weight is 247 g/mol. The van der Waals surface area contributed by atoms with E-state index in [0.717, 1.165) is 41.5 Å². The van der Waals surface area contributed by atoms with Crippen LogP contribution in [0.3, 0.4) is 0 Å². The first-order valence-corrected chi connectivity index (χ1v) is 8.62. The van der Waals surface area contributed by atoms with Gasteiger partial charge in [0.2, 0.25) is 0 Å². The monoisotopic (exact) mass is 247 g/mol. The van der Waals surface area contributed by atoms with Crippen molar-refractivity contribution in [1.29, 1.82) is 0 Å². The zero-order valence-corrected chi connectivity index (χ0v) is 11.9. The third kappa shape index (κ3) is 1.94. The number of nitrogens with one attached hydrogen (secondary N) is 1. The van der Waals surface area contributed by atoms with Gasteiger partial charge in [0.25, 0.3) is 0 Å². The molecule has 4 saturated carbocycles. The molecule has 0 heterocycles. The molecule has 0 aliphatic heterocycles. The van der Waals surface area contributed by atoms with Crippen LogP contribution in [0.5, 0.6) is 0 Å². The number of hydrogen-bond acceptors (Lipinski definition) is 1. The molecule has 18 heavy (non-hydrogen) atoms. The van der Waals surface area contributed by atoms with Gasteiger partial charge in [0.05, 0.1) is 0 Å². The summed E-state index contributed by atoms with van der Waals surface area (Å²) in [6.07, 6.45) is 12.1. The highest BCUT2D eigenvalue weighted by atomic mass is 14.9. The molecule has 2 bridgehead atoms. The Morgan fingerprint density at radius 2 is 1.78 bits per heavy atom. The Morgan fingerprint density at radius 1 is 1.06 bits per heavy atom. The highest BCUT2D eigenvalue weighted by molar-refractivity contribution is 5.15. The Bertz CT molecular complexity index is 293. The van der Waals surface area contributed by atoms with Crippen molar-refractivity contribution in [2.24, 2.45) is 35.5 Å². The summed E-state index contributed by atoms with van der Waals surface area (Å²) >= 11 is 0. The van der Waals surface area contributed by atoms with Crippen molar-refractivity contribution in [1.82, 2.24) is 5.32 Å². The summed E-state index contributed by atoms with van der Waals surface area (Å²) in [5.41, 5.74) is 0. The number of hydrogen-bond donors (Lipinski definition) is 1. The first-order valence-electron chi connectivity index (χ1n) is 8.62. The minimum Gasteiger partial charge on any atom is -0.314 e. The Balaban J connectivity index is 1.36. The Hall–Kier alpha value is -0.0400. The van der Waals surface area contributed by atoms with Gasteiger partial charge in [-0.2, -0.15) is 0 Å². The molecule has 0 spiro atoms. The summed E-state index contributed by atoms with van der Waals surface area (Å²) < 4.78 is 0. The molecule has 5 unspecified atom stereocenters. The molecular weight excluding hydrogens is 218 g/mol. The van der Waals surface area contributed by atoms with E-state index in [1.165, 1.54) is 38.6 Å². The summed E-state index contributed by atoms with van der Waals surface area (Å²) in [7, 11) is 0. The van der Waals surface area contributed by atoms with E-state index in [9.17, 15) is 0 Å². The van der Waals surface area contributed by atoms with Gasteiger partial charge in [-0.1, -0.05) is 19.8 Å². The second-order valence-electron chi connectivity index (χ2n) is 7.65. The molecule has 0 aromatic heterocycles. The zero-order valence-electron chi connectivity index (χ0n) is 11.9. The fourth-order valence-corrected chi connectivity index (χ4v) is 5.51. The Morgan fingerprint density at radius 3 is 2.39 bits per heavy atom. The van der Waals surface area contributed by atoms with Crippen LogP contribution < -0.4 is 5.32 Å². The van der Waals surface area contributed by atoms with Gasteiger partial charge in [0, 0.05) is 6.04 Å². The molecule has 1 N–H and O–H groups in total. The zero-order chi connectivity index (χ0) is 12.1. The number of rotatable bonds is 7. The maximum atomic E-state index is 3.91. The molecule has 102 valence electrons. The summed E-state index contributed by atoms with van der Waals surface area (Å²) in [4.78, 5) is 0. The van der Waals surface area contributed by atoms with E-state index < -0.39 is 0 Å². The number of fused-ring (bicyclic) bond motifs is 5. The highest BCUT2D eigenvalue weighted by Crippen LogP contribution is 2.70. The van der Waals surface area contributed by atoms with Crippen molar-refractivity contribution >= 4 is 0 Å². The Kier molecular flexibility index (Phi) is 2.94. The van der Waals surface area contributed by atoms with Crippen LogP contribution in [0.15, 0.2) is 0 Å². The molecule has 4 aliphatic carbocycles. The first kappa shape index (κ1) is 11.8. The lowest BCUT2D eigenvalue weighted by Crippen LogP contribution is -2.34. The fraction of sp³-hybridized carbons (Fsp3) is 1.00. The van der Waals surface area contributed by atoms with Crippen molar-refractivity contribution in [2.45, 2.75) is 64.3 Å². The van der Waals surface area contributed by atoms with Crippen molar-refractivity contribution in [3.8, 4) is 0 Å². The van der Waals surface area contributed by atoms with Gasteiger partial charge in [-0.05, 0) is 80.6 Å². The molecule has 4 aliphatic rings. The molecule has 4 rings (SSSR count). The molecular formula is C17H29N. The molecule has 5 atom stereocenters. The van der Waals surface area contributed by atoms with Crippen LogP contribution in [0.2, 0.25) is 0 Å². The average Bonchev–Trinajstić information content (AvgIpc) is 3.29. The predicted molar refractivity (Wildman–Crippen MR) is 75.3 cm³/mol. The molecule has 4 fully saturated rings. The van der Waals surface area contributed by atoms with Crippen molar-refractivity contribution in [3.63, 3.8) is 0 Å². The topological polar surface area (TPSA) is 12.0 Å². The maximum absolute atomic E-state index is 3.91. The van der Waals surface area contributed by atoms with Crippen LogP contribution >= 0.6 is 0 Å². The highest BCUT2D eigenvalue weighted by Gasteiger charge is 2.66. The summed E-state index contributed by atoms with van der Waals surface area (Å²) in [6.45, 7) is 3.56. The third-order valence-corrected chi connectivity index (χ3v) is 6.50. The maximum Gasteiger partial charge on any atom is 0.0101 e. The van der Waals surface area contributed by atoms with Crippen LogP contribution in [-0.2, 0) is 0 Å². The van der Waals surface area contributed by atoms with Crippen LogP contribution in [0, 0.1) is 35.5 Å². The van der Waals surface area contributed by atoms with Crippen LogP contribution in [0.4, 0.5) is 0 Å². The van der Waals surface area contributed by atoms with E-state index in [2.05, 4.69) is 12.2 Å². The summed E-state index contributed by atoms with van der Waals surface area (Å²) in [5.74, 6) is 6.84. The van der Waals surface area contributed by atoms with E-state index in [4.69, 9.17) is 0 Å². The van der Waals surface area contributed by atoms with Crippen LogP contribution in [-0.4, -0.2) is 12.6 Å². The lowest BCUT2D eigenvalue weighted by molar-refractivity contribution is 0.339. The third-order valence-electron chi connectivity index (χ3n) is 6.50. The van der Waals surface area contributed by atoms with E-state index >= 15 is 0 Å². The molecule has 0 aromatic carbocycles. The standard InChI is InChI=1S/C17H29N/c1-2-9-18-14(8-5-11-3-4-11)17-15-12-6-7-13(10-12)16(15)17/h11-18H,2-10H2,1H3. The normalized spacial score (nSPS) is 46.2. The van der Waals surface area contributed by atoms with Gasteiger partial charge >= 0.3 is 0 Å². The smallest absolute Gasteiger partial charge is 0.0101 e. The summed E-state index contributed by atoms with van der Waals surface area (Å²) in [5, 5.41) is 3.91. The fourth-order valence-electron chi connectivity index (χ4n) is 5.51.